The summed E-state index contributed by atoms with van der Waals surface area (Å²) in [6.45, 7) is 2.11. The molecule has 3 rings (SSSR count). The zero-order chi connectivity index (χ0) is 17.1. The second-order valence-electron chi connectivity index (χ2n) is 5.71. The van der Waals surface area contributed by atoms with E-state index in [0.717, 1.165) is 17.3 Å². The molecule has 0 aliphatic heterocycles. The van der Waals surface area contributed by atoms with Gasteiger partial charge in [0.15, 0.2) is 5.78 Å². The van der Waals surface area contributed by atoms with Crippen molar-refractivity contribution in [3.8, 4) is 0 Å². The van der Waals surface area contributed by atoms with E-state index in [2.05, 4.69) is 27.8 Å². The topological polar surface area (TPSA) is 52.0 Å². The van der Waals surface area contributed by atoms with Crippen LogP contribution in [0.3, 0.4) is 0 Å². The van der Waals surface area contributed by atoms with Gasteiger partial charge in [-0.3, -0.25) is 14.2 Å². The fraction of sp³-hybridized carbons (Fsp3) is 0.211. The standard InChI is InChI=1S/C19H17BrN2O2/c1-2-3-13-4-6-14(7-5-13)18(23)11-22-12-21-17-9-8-15(20)10-16(17)19(22)24/h4-10,12H,2-3,11H2,1H3. The number of Topliss-reactive ketones (excluding diaryl/α,β-unsaturated/α-hetero) is 1. The zero-order valence-corrected chi connectivity index (χ0v) is 14.9. The molecule has 24 heavy (non-hydrogen) atoms. The van der Waals surface area contributed by atoms with Crippen LogP contribution in [-0.2, 0) is 13.0 Å². The fourth-order valence-electron chi connectivity index (χ4n) is 2.64. The van der Waals surface area contributed by atoms with Gasteiger partial charge in [0, 0.05) is 10.0 Å². The van der Waals surface area contributed by atoms with Gasteiger partial charge in [-0.15, -0.1) is 0 Å². The molecule has 0 saturated carbocycles. The third-order valence-electron chi connectivity index (χ3n) is 3.91. The van der Waals surface area contributed by atoms with Crippen LogP contribution in [0.2, 0.25) is 0 Å². The summed E-state index contributed by atoms with van der Waals surface area (Å²) >= 11 is 3.36. The van der Waals surface area contributed by atoms with E-state index in [-0.39, 0.29) is 17.9 Å². The summed E-state index contributed by atoms with van der Waals surface area (Å²) in [5, 5.41) is 0.498. The van der Waals surface area contributed by atoms with Crippen LogP contribution in [0.25, 0.3) is 10.9 Å². The Hall–Kier alpha value is -2.27. The summed E-state index contributed by atoms with van der Waals surface area (Å²) in [5.74, 6) is -0.101. The van der Waals surface area contributed by atoms with Gasteiger partial charge in [-0.1, -0.05) is 53.5 Å². The quantitative estimate of drug-likeness (QED) is 0.624. The van der Waals surface area contributed by atoms with Crippen LogP contribution >= 0.6 is 15.9 Å². The minimum Gasteiger partial charge on any atom is -0.292 e. The summed E-state index contributed by atoms with van der Waals surface area (Å²) in [7, 11) is 0. The van der Waals surface area contributed by atoms with Crippen LogP contribution in [0.15, 0.2) is 58.1 Å². The highest BCUT2D eigenvalue weighted by Crippen LogP contribution is 2.15. The number of nitrogens with zero attached hydrogens (tertiary/aromatic N) is 2. The van der Waals surface area contributed by atoms with Gasteiger partial charge in [0.1, 0.15) is 0 Å². The molecule has 0 N–H and O–H groups in total. The van der Waals surface area contributed by atoms with E-state index < -0.39 is 0 Å². The van der Waals surface area contributed by atoms with Gasteiger partial charge < -0.3 is 0 Å². The number of carbonyl (C=O) groups excluding carboxylic acids is 1. The Morgan fingerprint density at radius 3 is 2.62 bits per heavy atom. The Morgan fingerprint density at radius 2 is 1.92 bits per heavy atom. The van der Waals surface area contributed by atoms with Crippen molar-refractivity contribution in [3.63, 3.8) is 0 Å². The number of carbonyl (C=O) groups is 1. The summed E-state index contributed by atoms with van der Waals surface area (Å²) < 4.78 is 2.17. The third-order valence-corrected chi connectivity index (χ3v) is 4.41. The molecule has 0 bridgehead atoms. The smallest absolute Gasteiger partial charge is 0.261 e. The average molecular weight is 385 g/mol. The van der Waals surface area contributed by atoms with E-state index in [1.807, 2.05) is 30.3 Å². The molecule has 0 atom stereocenters. The van der Waals surface area contributed by atoms with Gasteiger partial charge in [-0.2, -0.15) is 0 Å². The molecule has 0 aliphatic carbocycles. The van der Waals surface area contributed by atoms with Crippen LogP contribution in [0.4, 0.5) is 0 Å². The SMILES string of the molecule is CCCc1ccc(C(=O)Cn2cnc3ccc(Br)cc3c2=O)cc1. The first kappa shape index (κ1) is 16.6. The van der Waals surface area contributed by atoms with E-state index in [1.165, 1.54) is 16.5 Å². The van der Waals surface area contributed by atoms with Crippen LogP contribution < -0.4 is 5.56 Å². The molecule has 0 aliphatic rings. The van der Waals surface area contributed by atoms with Gasteiger partial charge in [0.05, 0.1) is 23.8 Å². The lowest BCUT2D eigenvalue weighted by atomic mass is 10.1. The molecule has 1 heterocycles. The van der Waals surface area contributed by atoms with Crippen molar-refractivity contribution < 1.29 is 4.79 Å². The monoisotopic (exact) mass is 384 g/mol. The van der Waals surface area contributed by atoms with E-state index in [9.17, 15) is 9.59 Å². The summed E-state index contributed by atoms with van der Waals surface area (Å²) in [4.78, 5) is 29.2. The van der Waals surface area contributed by atoms with Gasteiger partial charge >= 0.3 is 0 Å². The Labute approximate surface area is 148 Å². The first-order valence-electron chi connectivity index (χ1n) is 7.85. The number of hydrogen-bond acceptors (Lipinski definition) is 3. The maximum absolute atomic E-state index is 12.5. The van der Waals surface area contributed by atoms with E-state index in [4.69, 9.17) is 0 Å². The fourth-order valence-corrected chi connectivity index (χ4v) is 3.00. The number of hydrogen-bond donors (Lipinski definition) is 0. The van der Waals surface area contributed by atoms with E-state index >= 15 is 0 Å². The molecule has 0 radical (unpaired) electrons. The maximum atomic E-state index is 12.5. The molecule has 4 nitrogen and oxygen atoms in total. The highest BCUT2D eigenvalue weighted by atomic mass is 79.9. The van der Waals surface area contributed by atoms with Gasteiger partial charge in [0.25, 0.3) is 5.56 Å². The Kier molecular flexibility index (Phi) is 4.90. The number of ketones is 1. The van der Waals surface area contributed by atoms with Crippen molar-refractivity contribution in [3.05, 3.63) is 74.7 Å². The molecule has 122 valence electrons. The lowest BCUT2D eigenvalue weighted by Gasteiger charge is -2.07. The first-order valence-corrected chi connectivity index (χ1v) is 8.64. The highest BCUT2D eigenvalue weighted by Gasteiger charge is 2.10. The lowest BCUT2D eigenvalue weighted by molar-refractivity contribution is 0.0970. The second-order valence-corrected chi connectivity index (χ2v) is 6.62. The first-order chi connectivity index (χ1) is 11.6. The average Bonchev–Trinajstić information content (AvgIpc) is 2.59. The Morgan fingerprint density at radius 1 is 1.17 bits per heavy atom. The molecule has 0 unspecified atom stereocenters. The largest absolute Gasteiger partial charge is 0.292 e. The molecular formula is C19H17BrN2O2. The summed E-state index contributed by atoms with van der Waals surface area (Å²) in [6, 6.07) is 12.9. The molecule has 2 aromatic carbocycles. The normalized spacial score (nSPS) is 10.9. The van der Waals surface area contributed by atoms with Crippen molar-refractivity contribution in [2.45, 2.75) is 26.3 Å². The number of rotatable bonds is 5. The van der Waals surface area contributed by atoms with Crippen LogP contribution in [-0.4, -0.2) is 15.3 Å². The minimum atomic E-state index is -0.211. The van der Waals surface area contributed by atoms with Gasteiger partial charge in [-0.05, 0) is 30.2 Å². The summed E-state index contributed by atoms with van der Waals surface area (Å²) in [6.07, 6.45) is 3.50. The van der Waals surface area contributed by atoms with E-state index in [1.54, 1.807) is 12.1 Å². The number of halogens is 1. The van der Waals surface area contributed by atoms with Crippen LogP contribution in [0.5, 0.6) is 0 Å². The van der Waals surface area contributed by atoms with E-state index in [0.29, 0.717) is 16.5 Å². The molecular weight excluding hydrogens is 368 g/mol. The Bertz CT molecular complexity index is 946. The molecule has 0 fully saturated rings. The Balaban J connectivity index is 1.87. The summed E-state index contributed by atoms with van der Waals surface area (Å²) in [5.41, 5.74) is 2.23. The maximum Gasteiger partial charge on any atom is 0.261 e. The molecule has 0 spiro atoms. The van der Waals surface area contributed by atoms with Gasteiger partial charge in [0.2, 0.25) is 0 Å². The minimum absolute atomic E-state index is 0.0125. The number of aromatic nitrogens is 2. The second kappa shape index (κ2) is 7.09. The van der Waals surface area contributed by atoms with Crippen LogP contribution in [0.1, 0.15) is 29.3 Å². The molecule has 0 saturated heterocycles. The van der Waals surface area contributed by atoms with Crippen molar-refractivity contribution in [1.82, 2.24) is 9.55 Å². The number of aryl methyl sites for hydroxylation is 1. The predicted octanol–water partition coefficient (Wildman–Crippen LogP) is 3.99. The zero-order valence-electron chi connectivity index (χ0n) is 13.3. The lowest BCUT2D eigenvalue weighted by Crippen LogP contribution is -2.24. The molecule has 1 aromatic heterocycles. The van der Waals surface area contributed by atoms with Crippen LogP contribution in [0, 0.1) is 0 Å². The van der Waals surface area contributed by atoms with Crippen molar-refractivity contribution in [1.29, 1.82) is 0 Å². The number of benzene rings is 2. The number of fused-ring (bicyclic) bond motifs is 1. The molecule has 0 amide bonds. The third kappa shape index (κ3) is 3.46. The van der Waals surface area contributed by atoms with Crippen molar-refractivity contribution >= 4 is 32.6 Å². The van der Waals surface area contributed by atoms with Gasteiger partial charge in [-0.25, -0.2) is 4.98 Å². The molecule has 3 aromatic rings. The molecule has 5 heteroatoms. The predicted molar refractivity (Wildman–Crippen MR) is 98.5 cm³/mol. The highest BCUT2D eigenvalue weighted by molar-refractivity contribution is 9.10. The van der Waals surface area contributed by atoms with Crippen molar-refractivity contribution in [2.75, 3.05) is 0 Å². The van der Waals surface area contributed by atoms with Crippen molar-refractivity contribution in [2.24, 2.45) is 0 Å².